The first-order chi connectivity index (χ1) is 14.6. The van der Waals surface area contributed by atoms with Gasteiger partial charge in [-0.05, 0) is 24.1 Å². The molecule has 0 aliphatic carbocycles. The van der Waals surface area contributed by atoms with Crippen LogP contribution in [0.2, 0.25) is 0 Å². The number of furan rings is 1. The summed E-state index contributed by atoms with van der Waals surface area (Å²) in [6.07, 6.45) is 1.67. The van der Waals surface area contributed by atoms with E-state index >= 15 is 0 Å². The van der Waals surface area contributed by atoms with Crippen LogP contribution in [-0.4, -0.2) is 54.5 Å². The number of nitrogens with zero attached hydrogens (tertiary/aromatic N) is 2. The second kappa shape index (κ2) is 9.13. The molecule has 156 valence electrons. The summed E-state index contributed by atoms with van der Waals surface area (Å²) in [6, 6.07) is 16.2. The van der Waals surface area contributed by atoms with Crippen molar-refractivity contribution < 1.29 is 18.7 Å². The van der Waals surface area contributed by atoms with Gasteiger partial charge < -0.3 is 14.1 Å². The second-order valence-electron chi connectivity index (χ2n) is 7.74. The number of ether oxygens (including phenoxy) is 1. The second-order valence-corrected chi connectivity index (χ2v) is 7.74. The quantitative estimate of drug-likeness (QED) is 0.589. The van der Waals surface area contributed by atoms with Crippen LogP contribution in [0.3, 0.4) is 0 Å². The summed E-state index contributed by atoms with van der Waals surface area (Å²) in [7, 11) is 0. The smallest absolute Gasteiger partial charge is 0.310 e. The number of aryl methyl sites for hydroxylation is 1. The molecule has 2 heterocycles. The molecule has 1 aliphatic rings. The molecule has 1 amide bonds. The molecule has 3 aromatic rings. The standard InChI is InChI=1S/C24H26N2O4/c1-18-7-8-21-20(16-29-22(21)13-18)14-24(28)30-17-23(27)26-11-9-25(10-12-26)15-19-5-3-2-4-6-19/h2-8,13,16H,9-12,14-15,17H2,1H3. The fourth-order valence-corrected chi connectivity index (χ4v) is 3.76. The predicted octanol–water partition coefficient (Wildman–Crippen LogP) is 3.17. The van der Waals surface area contributed by atoms with Crippen molar-refractivity contribution in [3.8, 4) is 0 Å². The molecule has 0 spiro atoms. The van der Waals surface area contributed by atoms with E-state index in [0.717, 1.165) is 41.7 Å². The highest BCUT2D eigenvalue weighted by atomic mass is 16.5. The molecule has 0 bridgehead atoms. The van der Waals surface area contributed by atoms with E-state index < -0.39 is 5.97 Å². The van der Waals surface area contributed by atoms with Crippen molar-refractivity contribution in [1.82, 2.24) is 9.80 Å². The van der Waals surface area contributed by atoms with Gasteiger partial charge in [-0.25, -0.2) is 0 Å². The lowest BCUT2D eigenvalue weighted by Gasteiger charge is -2.34. The van der Waals surface area contributed by atoms with E-state index in [0.29, 0.717) is 13.1 Å². The van der Waals surface area contributed by atoms with Crippen molar-refractivity contribution in [1.29, 1.82) is 0 Å². The number of carbonyl (C=O) groups is 2. The third-order valence-electron chi connectivity index (χ3n) is 5.48. The number of benzene rings is 2. The van der Waals surface area contributed by atoms with Crippen molar-refractivity contribution in [3.05, 3.63) is 71.5 Å². The molecule has 0 N–H and O–H groups in total. The summed E-state index contributed by atoms with van der Waals surface area (Å²) in [6.45, 7) is 5.58. The predicted molar refractivity (Wildman–Crippen MR) is 114 cm³/mol. The zero-order chi connectivity index (χ0) is 20.9. The SMILES string of the molecule is Cc1ccc2c(CC(=O)OCC(=O)N3CCN(Cc4ccccc4)CC3)coc2c1. The molecular formula is C24H26N2O4. The molecule has 0 unspecified atom stereocenters. The number of rotatable bonds is 6. The van der Waals surface area contributed by atoms with E-state index in [2.05, 4.69) is 17.0 Å². The van der Waals surface area contributed by atoms with Crippen molar-refractivity contribution in [2.24, 2.45) is 0 Å². The van der Waals surface area contributed by atoms with Gasteiger partial charge in [-0.15, -0.1) is 0 Å². The molecule has 1 aliphatic heterocycles. The third-order valence-corrected chi connectivity index (χ3v) is 5.48. The first-order valence-corrected chi connectivity index (χ1v) is 10.2. The Balaban J connectivity index is 1.22. The molecule has 1 saturated heterocycles. The van der Waals surface area contributed by atoms with E-state index in [9.17, 15) is 9.59 Å². The van der Waals surface area contributed by atoms with Crippen LogP contribution in [0.25, 0.3) is 11.0 Å². The van der Waals surface area contributed by atoms with Crippen molar-refractivity contribution in [3.63, 3.8) is 0 Å². The zero-order valence-electron chi connectivity index (χ0n) is 17.2. The van der Waals surface area contributed by atoms with Gasteiger partial charge in [0.15, 0.2) is 6.61 Å². The molecule has 0 saturated carbocycles. The van der Waals surface area contributed by atoms with Gasteiger partial charge in [0.25, 0.3) is 5.91 Å². The topological polar surface area (TPSA) is 63.0 Å². The van der Waals surface area contributed by atoms with Crippen LogP contribution in [0, 0.1) is 6.92 Å². The summed E-state index contributed by atoms with van der Waals surface area (Å²) in [5.41, 5.74) is 3.90. The number of piperazine rings is 1. The van der Waals surface area contributed by atoms with Gasteiger partial charge in [-0.3, -0.25) is 14.5 Å². The largest absolute Gasteiger partial charge is 0.464 e. The summed E-state index contributed by atoms with van der Waals surface area (Å²) < 4.78 is 10.8. The van der Waals surface area contributed by atoms with Crippen LogP contribution in [-0.2, 0) is 27.3 Å². The summed E-state index contributed by atoms with van der Waals surface area (Å²) in [4.78, 5) is 28.8. The molecule has 6 nitrogen and oxygen atoms in total. The maximum absolute atomic E-state index is 12.4. The van der Waals surface area contributed by atoms with Gasteiger partial charge in [-0.1, -0.05) is 42.5 Å². The van der Waals surface area contributed by atoms with Crippen LogP contribution in [0.4, 0.5) is 0 Å². The Labute approximate surface area is 176 Å². The highest BCUT2D eigenvalue weighted by Crippen LogP contribution is 2.23. The Morgan fingerprint density at radius 2 is 1.80 bits per heavy atom. The molecule has 4 rings (SSSR count). The van der Waals surface area contributed by atoms with E-state index in [-0.39, 0.29) is 18.9 Å². The first-order valence-electron chi connectivity index (χ1n) is 10.2. The zero-order valence-corrected chi connectivity index (χ0v) is 17.2. The molecule has 1 aromatic heterocycles. The van der Waals surface area contributed by atoms with Crippen LogP contribution in [0.1, 0.15) is 16.7 Å². The molecule has 0 atom stereocenters. The van der Waals surface area contributed by atoms with Gasteiger partial charge in [0.05, 0.1) is 12.7 Å². The van der Waals surface area contributed by atoms with Gasteiger partial charge in [0, 0.05) is 43.7 Å². The van der Waals surface area contributed by atoms with E-state index in [4.69, 9.17) is 9.15 Å². The minimum absolute atomic E-state index is 0.0915. The Morgan fingerprint density at radius 1 is 1.03 bits per heavy atom. The van der Waals surface area contributed by atoms with Crippen LogP contribution in [0.5, 0.6) is 0 Å². The minimum atomic E-state index is -0.422. The Kier molecular flexibility index (Phi) is 6.14. The Bertz CT molecular complexity index is 1020. The highest BCUT2D eigenvalue weighted by Gasteiger charge is 2.22. The maximum Gasteiger partial charge on any atom is 0.310 e. The number of esters is 1. The van der Waals surface area contributed by atoms with Crippen molar-refractivity contribution >= 4 is 22.8 Å². The number of hydrogen-bond acceptors (Lipinski definition) is 5. The van der Waals surface area contributed by atoms with Crippen LogP contribution < -0.4 is 0 Å². The molecule has 6 heteroatoms. The van der Waals surface area contributed by atoms with E-state index in [1.54, 1.807) is 11.2 Å². The number of amides is 1. The summed E-state index contributed by atoms with van der Waals surface area (Å²) in [5, 5.41) is 0.901. The lowest BCUT2D eigenvalue weighted by atomic mass is 10.1. The van der Waals surface area contributed by atoms with E-state index in [1.165, 1.54) is 5.56 Å². The van der Waals surface area contributed by atoms with Crippen LogP contribution >= 0.6 is 0 Å². The summed E-state index contributed by atoms with van der Waals surface area (Å²) >= 11 is 0. The van der Waals surface area contributed by atoms with Gasteiger partial charge in [0.2, 0.25) is 0 Å². The first kappa shape index (κ1) is 20.2. The van der Waals surface area contributed by atoms with Crippen molar-refractivity contribution in [2.45, 2.75) is 19.9 Å². The average Bonchev–Trinajstić information content (AvgIpc) is 3.15. The average molecular weight is 406 g/mol. The van der Waals surface area contributed by atoms with Gasteiger partial charge in [0.1, 0.15) is 5.58 Å². The third kappa shape index (κ3) is 4.89. The molecule has 30 heavy (non-hydrogen) atoms. The minimum Gasteiger partial charge on any atom is -0.464 e. The van der Waals surface area contributed by atoms with Crippen molar-refractivity contribution in [2.75, 3.05) is 32.8 Å². The maximum atomic E-state index is 12.4. The van der Waals surface area contributed by atoms with Gasteiger partial charge in [-0.2, -0.15) is 0 Å². The van der Waals surface area contributed by atoms with Gasteiger partial charge >= 0.3 is 5.97 Å². The molecular weight excluding hydrogens is 380 g/mol. The normalized spacial score (nSPS) is 14.8. The lowest BCUT2D eigenvalue weighted by molar-refractivity contribution is -0.152. The molecule has 2 aromatic carbocycles. The lowest BCUT2D eigenvalue weighted by Crippen LogP contribution is -2.49. The number of fused-ring (bicyclic) bond motifs is 1. The number of hydrogen-bond donors (Lipinski definition) is 0. The molecule has 1 fully saturated rings. The highest BCUT2D eigenvalue weighted by molar-refractivity contribution is 5.87. The summed E-state index contributed by atoms with van der Waals surface area (Å²) in [5.74, 6) is -0.565. The van der Waals surface area contributed by atoms with Crippen LogP contribution in [0.15, 0.2) is 59.2 Å². The monoisotopic (exact) mass is 406 g/mol. The fourth-order valence-electron chi connectivity index (χ4n) is 3.76. The number of carbonyl (C=O) groups excluding carboxylic acids is 2. The fraction of sp³-hybridized carbons (Fsp3) is 0.333. The Morgan fingerprint density at radius 3 is 2.57 bits per heavy atom. The Hall–Kier alpha value is -3.12. The molecule has 0 radical (unpaired) electrons. The van der Waals surface area contributed by atoms with E-state index in [1.807, 2.05) is 43.3 Å².